The molecule has 2 unspecified atom stereocenters. The SMILES string of the molecule is CCCCC(CC)C(=O)CCCCCN1C(=O)CC(CCC)C1=O. The van der Waals surface area contributed by atoms with Crippen LogP contribution in [0, 0.1) is 11.8 Å². The number of hydrogen-bond donors (Lipinski definition) is 0. The second-order valence-corrected chi connectivity index (χ2v) is 7.10. The van der Waals surface area contributed by atoms with Crippen LogP contribution in [0.2, 0.25) is 0 Å². The lowest BCUT2D eigenvalue weighted by molar-refractivity contribution is -0.139. The fourth-order valence-corrected chi connectivity index (χ4v) is 3.55. The molecular formula is C20H35NO3. The fourth-order valence-electron chi connectivity index (χ4n) is 3.55. The Hall–Kier alpha value is -1.19. The van der Waals surface area contributed by atoms with Gasteiger partial charge in [0.2, 0.25) is 11.8 Å². The van der Waals surface area contributed by atoms with Gasteiger partial charge in [0.25, 0.3) is 0 Å². The molecule has 0 bridgehead atoms. The van der Waals surface area contributed by atoms with Gasteiger partial charge in [-0.15, -0.1) is 0 Å². The highest BCUT2D eigenvalue weighted by Gasteiger charge is 2.37. The Bertz CT molecular complexity index is 419. The molecule has 2 atom stereocenters. The van der Waals surface area contributed by atoms with Gasteiger partial charge in [0.05, 0.1) is 0 Å². The van der Waals surface area contributed by atoms with Gasteiger partial charge in [0.15, 0.2) is 0 Å². The topological polar surface area (TPSA) is 54.5 Å². The first-order chi connectivity index (χ1) is 11.5. The minimum atomic E-state index is -0.0899. The lowest BCUT2D eigenvalue weighted by Gasteiger charge is -2.15. The molecule has 0 N–H and O–H groups in total. The molecule has 1 aliphatic rings. The zero-order valence-corrected chi connectivity index (χ0v) is 15.8. The largest absolute Gasteiger partial charge is 0.299 e. The molecule has 0 aromatic rings. The summed E-state index contributed by atoms with van der Waals surface area (Å²) in [7, 11) is 0. The number of rotatable bonds is 13. The number of nitrogens with zero attached hydrogens (tertiary/aromatic N) is 1. The number of imide groups is 1. The molecule has 4 nitrogen and oxygen atoms in total. The van der Waals surface area contributed by atoms with Crippen molar-refractivity contribution >= 4 is 17.6 Å². The van der Waals surface area contributed by atoms with Crippen LogP contribution in [0.25, 0.3) is 0 Å². The minimum Gasteiger partial charge on any atom is -0.299 e. The summed E-state index contributed by atoms with van der Waals surface area (Å²) in [6.45, 7) is 6.82. The molecule has 0 aromatic heterocycles. The molecule has 1 saturated heterocycles. The molecule has 1 fully saturated rings. The first kappa shape index (κ1) is 20.9. The minimum absolute atomic E-state index is 0.0138. The van der Waals surface area contributed by atoms with Crippen molar-refractivity contribution in [3.63, 3.8) is 0 Å². The normalized spacial score (nSPS) is 19.1. The zero-order chi connectivity index (χ0) is 17.9. The molecule has 1 heterocycles. The van der Waals surface area contributed by atoms with Gasteiger partial charge in [-0.05, 0) is 32.1 Å². The molecule has 0 saturated carbocycles. The molecule has 138 valence electrons. The third-order valence-corrected chi connectivity index (χ3v) is 5.13. The lowest BCUT2D eigenvalue weighted by Crippen LogP contribution is -2.31. The van der Waals surface area contributed by atoms with Gasteiger partial charge in [-0.1, -0.05) is 46.5 Å². The van der Waals surface area contributed by atoms with E-state index < -0.39 is 0 Å². The van der Waals surface area contributed by atoms with E-state index in [9.17, 15) is 14.4 Å². The first-order valence-corrected chi connectivity index (χ1v) is 9.91. The summed E-state index contributed by atoms with van der Waals surface area (Å²) in [5, 5.41) is 0. The monoisotopic (exact) mass is 337 g/mol. The first-order valence-electron chi connectivity index (χ1n) is 9.91. The summed E-state index contributed by atoms with van der Waals surface area (Å²) in [5.74, 6) is 0.528. The average molecular weight is 338 g/mol. The lowest BCUT2D eigenvalue weighted by atomic mass is 9.92. The van der Waals surface area contributed by atoms with Crippen LogP contribution in [0.4, 0.5) is 0 Å². The Balaban J connectivity index is 2.23. The van der Waals surface area contributed by atoms with Crippen molar-refractivity contribution in [3.05, 3.63) is 0 Å². The van der Waals surface area contributed by atoms with Gasteiger partial charge in [0, 0.05) is 31.2 Å². The Kier molecular flexibility index (Phi) is 9.89. The number of ketones is 1. The number of amides is 2. The van der Waals surface area contributed by atoms with Gasteiger partial charge in [-0.3, -0.25) is 19.3 Å². The van der Waals surface area contributed by atoms with Crippen LogP contribution in [0.15, 0.2) is 0 Å². The predicted octanol–water partition coefficient (Wildman–Crippen LogP) is 4.51. The molecule has 0 aromatic carbocycles. The Labute approximate surface area is 147 Å². The van der Waals surface area contributed by atoms with Gasteiger partial charge in [-0.25, -0.2) is 0 Å². The molecule has 24 heavy (non-hydrogen) atoms. The van der Waals surface area contributed by atoms with E-state index in [1.54, 1.807) is 0 Å². The van der Waals surface area contributed by atoms with E-state index in [2.05, 4.69) is 13.8 Å². The maximum absolute atomic E-state index is 12.2. The van der Waals surface area contributed by atoms with Gasteiger partial charge >= 0.3 is 0 Å². The molecule has 0 aliphatic carbocycles. The van der Waals surface area contributed by atoms with E-state index in [0.717, 1.165) is 57.8 Å². The van der Waals surface area contributed by atoms with E-state index in [1.165, 1.54) is 4.90 Å². The summed E-state index contributed by atoms with van der Waals surface area (Å²) < 4.78 is 0. The fraction of sp³-hybridized carbons (Fsp3) is 0.850. The summed E-state index contributed by atoms with van der Waals surface area (Å²) in [6, 6.07) is 0. The predicted molar refractivity (Wildman–Crippen MR) is 96.5 cm³/mol. The highest BCUT2D eigenvalue weighted by atomic mass is 16.2. The highest BCUT2D eigenvalue weighted by molar-refractivity contribution is 6.03. The Morgan fingerprint density at radius 2 is 1.83 bits per heavy atom. The van der Waals surface area contributed by atoms with Gasteiger partial charge in [0.1, 0.15) is 5.78 Å². The second kappa shape index (κ2) is 11.4. The van der Waals surface area contributed by atoms with Crippen molar-refractivity contribution in [1.82, 2.24) is 4.90 Å². The molecule has 4 heteroatoms. The van der Waals surface area contributed by atoms with Crippen LogP contribution < -0.4 is 0 Å². The van der Waals surface area contributed by atoms with Crippen molar-refractivity contribution in [3.8, 4) is 0 Å². The molecule has 2 amide bonds. The Morgan fingerprint density at radius 3 is 2.46 bits per heavy atom. The summed E-state index contributed by atoms with van der Waals surface area (Å²) >= 11 is 0. The van der Waals surface area contributed by atoms with E-state index in [-0.39, 0.29) is 23.7 Å². The third-order valence-electron chi connectivity index (χ3n) is 5.13. The molecule has 1 rings (SSSR count). The summed E-state index contributed by atoms with van der Waals surface area (Å²) in [4.78, 5) is 37.7. The summed E-state index contributed by atoms with van der Waals surface area (Å²) in [5.41, 5.74) is 0. The van der Waals surface area contributed by atoms with Crippen molar-refractivity contribution in [2.45, 2.75) is 91.4 Å². The quantitative estimate of drug-likeness (QED) is 0.367. The standard InChI is InChI=1S/C20H35NO3/c1-4-7-12-16(6-3)18(22)13-9-8-10-14-21-19(23)15-17(11-5-2)20(21)24/h16-17H,4-15H2,1-3H3. The highest BCUT2D eigenvalue weighted by Crippen LogP contribution is 2.24. The van der Waals surface area contributed by atoms with Gasteiger partial charge < -0.3 is 0 Å². The Morgan fingerprint density at radius 1 is 1.08 bits per heavy atom. The summed E-state index contributed by atoms with van der Waals surface area (Å²) in [6.07, 6.45) is 9.60. The van der Waals surface area contributed by atoms with Crippen LogP contribution in [-0.4, -0.2) is 29.0 Å². The number of Topliss-reactive ketones (excluding diaryl/α,β-unsaturated/α-hetero) is 1. The maximum atomic E-state index is 12.2. The number of carbonyl (C=O) groups excluding carboxylic acids is 3. The molecule has 0 radical (unpaired) electrons. The number of unbranched alkanes of at least 4 members (excludes halogenated alkanes) is 3. The smallest absolute Gasteiger partial charge is 0.232 e. The number of hydrogen-bond acceptors (Lipinski definition) is 3. The van der Waals surface area contributed by atoms with E-state index in [4.69, 9.17) is 0 Å². The molecule has 1 aliphatic heterocycles. The maximum Gasteiger partial charge on any atom is 0.232 e. The zero-order valence-electron chi connectivity index (χ0n) is 15.8. The van der Waals surface area contributed by atoms with Crippen molar-refractivity contribution in [2.75, 3.05) is 6.54 Å². The molecular weight excluding hydrogens is 302 g/mol. The van der Waals surface area contributed by atoms with Crippen LogP contribution in [0.1, 0.15) is 91.4 Å². The van der Waals surface area contributed by atoms with Gasteiger partial charge in [-0.2, -0.15) is 0 Å². The molecule has 0 spiro atoms. The van der Waals surface area contributed by atoms with Crippen molar-refractivity contribution in [2.24, 2.45) is 11.8 Å². The number of carbonyl (C=O) groups is 3. The van der Waals surface area contributed by atoms with Crippen molar-refractivity contribution < 1.29 is 14.4 Å². The van der Waals surface area contributed by atoms with Crippen LogP contribution in [0.5, 0.6) is 0 Å². The third kappa shape index (κ3) is 6.37. The van der Waals surface area contributed by atoms with Crippen molar-refractivity contribution in [1.29, 1.82) is 0 Å². The van der Waals surface area contributed by atoms with Crippen LogP contribution in [0.3, 0.4) is 0 Å². The van der Waals surface area contributed by atoms with Crippen LogP contribution >= 0.6 is 0 Å². The van der Waals surface area contributed by atoms with E-state index in [1.807, 2.05) is 6.92 Å². The van der Waals surface area contributed by atoms with E-state index >= 15 is 0 Å². The second-order valence-electron chi connectivity index (χ2n) is 7.10. The van der Waals surface area contributed by atoms with E-state index in [0.29, 0.717) is 25.2 Å². The van der Waals surface area contributed by atoms with Crippen LogP contribution in [-0.2, 0) is 14.4 Å². The number of likely N-dealkylation sites (tertiary alicyclic amines) is 1. The average Bonchev–Trinajstić information content (AvgIpc) is 2.83.